The van der Waals surface area contributed by atoms with E-state index in [0.717, 1.165) is 7.05 Å². The van der Waals surface area contributed by atoms with Gasteiger partial charge in [0, 0.05) is 19.2 Å². The molecule has 0 unspecified atom stereocenters. The van der Waals surface area contributed by atoms with Crippen molar-refractivity contribution in [1.29, 1.82) is 0 Å². The van der Waals surface area contributed by atoms with Crippen molar-refractivity contribution < 1.29 is 32.2 Å². The SMILES string of the molecule is Cn1nc(C(=O)NC2CCC(Oc3ccc4c(c3)OCO4)CC2)nc1C(F)(F)F. The van der Waals surface area contributed by atoms with Crippen LogP contribution in [0.3, 0.4) is 0 Å². The quantitative estimate of drug-likeness (QED) is 0.831. The first kappa shape index (κ1) is 19.3. The molecule has 0 radical (unpaired) electrons. The van der Waals surface area contributed by atoms with Gasteiger partial charge in [-0.2, -0.15) is 18.2 Å². The predicted molar refractivity (Wildman–Crippen MR) is 92.7 cm³/mol. The number of aromatic nitrogens is 3. The van der Waals surface area contributed by atoms with Gasteiger partial charge in [0.05, 0.1) is 6.10 Å². The monoisotopic (exact) mass is 412 g/mol. The van der Waals surface area contributed by atoms with Gasteiger partial charge < -0.3 is 19.5 Å². The zero-order valence-electron chi connectivity index (χ0n) is 15.5. The van der Waals surface area contributed by atoms with Gasteiger partial charge in [0.1, 0.15) is 5.75 Å². The summed E-state index contributed by atoms with van der Waals surface area (Å²) in [6.45, 7) is 0.194. The average Bonchev–Trinajstić information content (AvgIpc) is 3.29. The number of carbonyl (C=O) groups excluding carboxylic acids is 1. The minimum Gasteiger partial charge on any atom is -0.490 e. The number of nitrogens with one attached hydrogen (secondary N) is 1. The zero-order valence-corrected chi connectivity index (χ0v) is 15.5. The Labute approximate surface area is 164 Å². The molecule has 2 aliphatic rings. The van der Waals surface area contributed by atoms with E-state index in [1.54, 1.807) is 12.1 Å². The summed E-state index contributed by atoms with van der Waals surface area (Å²) in [5.74, 6) is -0.400. The molecule has 0 spiro atoms. The number of carbonyl (C=O) groups is 1. The van der Waals surface area contributed by atoms with Crippen LogP contribution >= 0.6 is 0 Å². The van der Waals surface area contributed by atoms with Gasteiger partial charge in [-0.25, -0.2) is 4.68 Å². The van der Waals surface area contributed by atoms with E-state index in [-0.39, 0.29) is 18.9 Å². The van der Waals surface area contributed by atoms with Crippen LogP contribution in [0, 0.1) is 0 Å². The predicted octanol–water partition coefficient (Wildman–Crippen LogP) is 2.68. The summed E-state index contributed by atoms with van der Waals surface area (Å²) in [6.07, 6.45) is -2.01. The Balaban J connectivity index is 1.29. The summed E-state index contributed by atoms with van der Waals surface area (Å²) in [5, 5.41) is 6.28. The molecule has 1 saturated carbocycles. The molecule has 1 fully saturated rings. The molecule has 0 atom stereocenters. The number of nitrogens with zero attached hydrogens (tertiary/aromatic N) is 3. The number of hydrogen-bond donors (Lipinski definition) is 1. The fourth-order valence-electron chi connectivity index (χ4n) is 3.45. The maximum absolute atomic E-state index is 12.8. The first-order valence-electron chi connectivity index (χ1n) is 9.15. The highest BCUT2D eigenvalue weighted by molar-refractivity contribution is 5.90. The first-order chi connectivity index (χ1) is 13.8. The Kier molecular flexibility index (Phi) is 4.97. The van der Waals surface area contributed by atoms with Crippen LogP contribution in [-0.4, -0.2) is 39.6 Å². The molecule has 156 valence electrons. The molecule has 8 nitrogen and oxygen atoms in total. The molecule has 2 aromatic rings. The molecule has 1 amide bonds. The van der Waals surface area contributed by atoms with Crippen LogP contribution in [0.4, 0.5) is 13.2 Å². The van der Waals surface area contributed by atoms with Gasteiger partial charge in [0.25, 0.3) is 5.91 Å². The van der Waals surface area contributed by atoms with Crippen molar-refractivity contribution in [2.75, 3.05) is 6.79 Å². The molecule has 1 N–H and O–H groups in total. The van der Waals surface area contributed by atoms with Crippen molar-refractivity contribution >= 4 is 5.91 Å². The summed E-state index contributed by atoms with van der Waals surface area (Å²) >= 11 is 0. The van der Waals surface area contributed by atoms with Crippen LogP contribution in [0.5, 0.6) is 17.2 Å². The fraction of sp³-hybridized carbons (Fsp3) is 0.500. The second kappa shape index (κ2) is 7.45. The molecular formula is C18H19F3N4O4. The third-order valence-corrected chi connectivity index (χ3v) is 4.88. The summed E-state index contributed by atoms with van der Waals surface area (Å²) in [4.78, 5) is 15.5. The summed E-state index contributed by atoms with van der Waals surface area (Å²) in [7, 11) is 1.10. The molecule has 4 rings (SSSR count). The van der Waals surface area contributed by atoms with Crippen molar-refractivity contribution in [3.63, 3.8) is 0 Å². The summed E-state index contributed by atoms with van der Waals surface area (Å²) in [5.41, 5.74) is 0. The lowest BCUT2D eigenvalue weighted by molar-refractivity contribution is -0.147. The number of ether oxygens (including phenoxy) is 3. The van der Waals surface area contributed by atoms with E-state index < -0.39 is 23.7 Å². The highest BCUT2D eigenvalue weighted by Gasteiger charge is 2.38. The van der Waals surface area contributed by atoms with E-state index >= 15 is 0 Å². The third-order valence-electron chi connectivity index (χ3n) is 4.88. The van der Waals surface area contributed by atoms with E-state index in [9.17, 15) is 18.0 Å². The van der Waals surface area contributed by atoms with Crippen LogP contribution in [0.2, 0.25) is 0 Å². The van der Waals surface area contributed by atoms with E-state index in [4.69, 9.17) is 14.2 Å². The van der Waals surface area contributed by atoms with E-state index in [1.165, 1.54) is 0 Å². The van der Waals surface area contributed by atoms with Gasteiger partial charge >= 0.3 is 6.18 Å². The molecule has 29 heavy (non-hydrogen) atoms. The van der Waals surface area contributed by atoms with Crippen LogP contribution in [0.1, 0.15) is 42.1 Å². The molecule has 2 heterocycles. The Morgan fingerprint density at radius 2 is 1.93 bits per heavy atom. The Morgan fingerprint density at radius 1 is 1.21 bits per heavy atom. The largest absolute Gasteiger partial charge is 0.490 e. The molecule has 1 aromatic heterocycles. The number of amides is 1. The zero-order chi connectivity index (χ0) is 20.6. The third kappa shape index (κ3) is 4.22. The molecule has 1 aliphatic carbocycles. The first-order valence-corrected chi connectivity index (χ1v) is 9.15. The van der Waals surface area contributed by atoms with Crippen LogP contribution in [0.15, 0.2) is 18.2 Å². The highest BCUT2D eigenvalue weighted by Crippen LogP contribution is 2.36. The van der Waals surface area contributed by atoms with Gasteiger partial charge in [-0.3, -0.25) is 4.79 Å². The maximum Gasteiger partial charge on any atom is 0.451 e. The van der Waals surface area contributed by atoms with E-state index in [0.29, 0.717) is 47.6 Å². The number of hydrogen-bond acceptors (Lipinski definition) is 6. The Morgan fingerprint density at radius 3 is 2.62 bits per heavy atom. The number of benzene rings is 1. The van der Waals surface area contributed by atoms with Crippen molar-refractivity contribution in [1.82, 2.24) is 20.1 Å². The number of alkyl halides is 3. The molecule has 1 aromatic carbocycles. The molecule has 0 bridgehead atoms. The minimum absolute atomic E-state index is 0.0201. The van der Waals surface area contributed by atoms with Crippen molar-refractivity contribution in [3.8, 4) is 17.2 Å². The van der Waals surface area contributed by atoms with Crippen LogP contribution in [0.25, 0.3) is 0 Å². The second-order valence-corrected chi connectivity index (χ2v) is 6.96. The minimum atomic E-state index is -4.66. The lowest BCUT2D eigenvalue weighted by Crippen LogP contribution is -2.40. The normalized spacial score (nSPS) is 21.1. The Hall–Kier alpha value is -2.98. The van der Waals surface area contributed by atoms with Gasteiger partial charge in [-0.1, -0.05) is 0 Å². The molecule has 11 heteroatoms. The van der Waals surface area contributed by atoms with E-state index in [2.05, 4.69) is 15.4 Å². The molecule has 1 aliphatic heterocycles. The highest BCUT2D eigenvalue weighted by atomic mass is 19.4. The van der Waals surface area contributed by atoms with Crippen molar-refractivity contribution in [2.24, 2.45) is 7.05 Å². The van der Waals surface area contributed by atoms with Gasteiger partial charge in [0.2, 0.25) is 18.4 Å². The van der Waals surface area contributed by atoms with Gasteiger partial charge in [0.15, 0.2) is 11.5 Å². The summed E-state index contributed by atoms with van der Waals surface area (Å²) in [6, 6.07) is 5.21. The lowest BCUT2D eigenvalue weighted by Gasteiger charge is -2.29. The number of fused-ring (bicyclic) bond motifs is 1. The fourth-order valence-corrected chi connectivity index (χ4v) is 3.45. The van der Waals surface area contributed by atoms with Crippen LogP contribution in [-0.2, 0) is 13.2 Å². The standard InChI is InChI=1S/C18H19F3N4O4/c1-25-17(18(19,20)21)23-15(24-25)16(26)22-10-2-4-11(5-3-10)29-12-6-7-13-14(8-12)28-9-27-13/h6-8,10-11H,2-5,9H2,1H3,(H,22,26). The number of aryl methyl sites for hydroxylation is 1. The number of halogens is 3. The smallest absolute Gasteiger partial charge is 0.451 e. The second-order valence-electron chi connectivity index (χ2n) is 6.96. The molecular weight excluding hydrogens is 393 g/mol. The van der Waals surface area contributed by atoms with Crippen molar-refractivity contribution in [2.45, 2.75) is 44.0 Å². The van der Waals surface area contributed by atoms with Gasteiger partial charge in [-0.15, -0.1) is 5.10 Å². The van der Waals surface area contributed by atoms with Crippen LogP contribution < -0.4 is 19.5 Å². The van der Waals surface area contributed by atoms with Gasteiger partial charge in [-0.05, 0) is 37.8 Å². The lowest BCUT2D eigenvalue weighted by atomic mass is 9.93. The molecule has 0 saturated heterocycles. The Bertz CT molecular complexity index is 907. The topological polar surface area (TPSA) is 87.5 Å². The maximum atomic E-state index is 12.8. The average molecular weight is 412 g/mol. The van der Waals surface area contributed by atoms with Crippen molar-refractivity contribution in [3.05, 3.63) is 29.8 Å². The summed E-state index contributed by atoms with van der Waals surface area (Å²) < 4.78 is 55.5. The number of rotatable bonds is 4. The van der Waals surface area contributed by atoms with E-state index in [1.807, 2.05) is 6.07 Å².